The van der Waals surface area contributed by atoms with Gasteiger partial charge in [0.2, 0.25) is 0 Å². The second-order valence-electron chi connectivity index (χ2n) is 5.16. The van der Waals surface area contributed by atoms with Crippen molar-refractivity contribution in [2.45, 2.75) is 19.9 Å². The molecule has 0 fully saturated rings. The first-order valence-corrected chi connectivity index (χ1v) is 7.34. The maximum Gasteiger partial charge on any atom is 0.338 e. The molecule has 6 heteroatoms. The van der Waals surface area contributed by atoms with E-state index in [1.165, 1.54) is 6.20 Å². The Morgan fingerprint density at radius 1 is 1.43 bits per heavy atom. The summed E-state index contributed by atoms with van der Waals surface area (Å²) in [6, 6.07) is 11.3. The van der Waals surface area contributed by atoms with Crippen LogP contribution in [0, 0.1) is 11.3 Å². The van der Waals surface area contributed by atoms with Crippen LogP contribution in [0.2, 0.25) is 0 Å². The van der Waals surface area contributed by atoms with Crippen LogP contribution >= 0.6 is 0 Å². The van der Waals surface area contributed by atoms with Crippen LogP contribution < -0.4 is 5.32 Å². The van der Waals surface area contributed by atoms with Gasteiger partial charge in [0.05, 0.1) is 18.4 Å². The predicted molar refractivity (Wildman–Crippen MR) is 84.5 cm³/mol. The summed E-state index contributed by atoms with van der Waals surface area (Å²) in [6.07, 6.45) is 1.50. The number of ether oxygens (including phenoxy) is 1. The van der Waals surface area contributed by atoms with Gasteiger partial charge < -0.3 is 10.1 Å². The van der Waals surface area contributed by atoms with Gasteiger partial charge in [-0.05, 0) is 19.4 Å². The number of anilines is 1. The van der Waals surface area contributed by atoms with Crippen molar-refractivity contribution >= 4 is 11.8 Å². The van der Waals surface area contributed by atoms with E-state index in [0.29, 0.717) is 29.3 Å². The summed E-state index contributed by atoms with van der Waals surface area (Å²) < 4.78 is 6.87. The molecule has 1 aliphatic heterocycles. The summed E-state index contributed by atoms with van der Waals surface area (Å²) in [6.45, 7) is 3.88. The fraction of sp³-hybridized carbons (Fsp3) is 0.235. The van der Waals surface area contributed by atoms with Crippen molar-refractivity contribution in [1.82, 2.24) is 9.78 Å². The molecule has 1 N–H and O–H groups in total. The van der Waals surface area contributed by atoms with Crippen LogP contribution in [0.3, 0.4) is 0 Å². The van der Waals surface area contributed by atoms with E-state index < -0.39 is 6.04 Å². The number of fused-ring (bicyclic) bond motifs is 1. The SMILES string of the molecule is CCOC(=O)C1=C(C)Nc2c(C#N)cnn2[C@@H]1c1ccccc1. The van der Waals surface area contributed by atoms with Crippen LogP contribution in [-0.2, 0) is 9.53 Å². The van der Waals surface area contributed by atoms with Gasteiger partial charge in [0, 0.05) is 5.70 Å². The molecule has 2 heterocycles. The Labute approximate surface area is 134 Å². The van der Waals surface area contributed by atoms with Crippen molar-refractivity contribution < 1.29 is 9.53 Å². The Bertz CT molecular complexity index is 815. The quantitative estimate of drug-likeness (QED) is 0.882. The Hall–Kier alpha value is -3.07. The van der Waals surface area contributed by atoms with Crippen LogP contribution in [0.5, 0.6) is 0 Å². The third-order valence-electron chi connectivity index (χ3n) is 3.75. The molecule has 0 spiro atoms. The van der Waals surface area contributed by atoms with Gasteiger partial charge in [0.1, 0.15) is 23.5 Å². The fourth-order valence-electron chi connectivity index (χ4n) is 2.75. The van der Waals surface area contributed by atoms with Crippen molar-refractivity contribution in [2.24, 2.45) is 0 Å². The molecule has 1 atom stereocenters. The average Bonchev–Trinajstić information content (AvgIpc) is 2.97. The number of allylic oxidation sites excluding steroid dienone is 1. The molecule has 0 amide bonds. The van der Waals surface area contributed by atoms with Gasteiger partial charge in [-0.15, -0.1) is 0 Å². The largest absolute Gasteiger partial charge is 0.463 e. The molecule has 1 aromatic carbocycles. The molecule has 0 aliphatic carbocycles. The number of nitriles is 1. The Balaban J connectivity index is 2.19. The van der Waals surface area contributed by atoms with Crippen LogP contribution in [0.15, 0.2) is 47.8 Å². The van der Waals surface area contributed by atoms with Crippen molar-refractivity contribution in [3.63, 3.8) is 0 Å². The highest BCUT2D eigenvalue weighted by Gasteiger charge is 2.34. The third-order valence-corrected chi connectivity index (χ3v) is 3.75. The van der Waals surface area contributed by atoms with E-state index in [2.05, 4.69) is 16.5 Å². The lowest BCUT2D eigenvalue weighted by atomic mass is 9.95. The molecule has 0 bridgehead atoms. The summed E-state index contributed by atoms with van der Waals surface area (Å²) in [4.78, 5) is 12.5. The number of hydrogen-bond acceptors (Lipinski definition) is 5. The molecule has 6 nitrogen and oxygen atoms in total. The molecule has 3 rings (SSSR count). The van der Waals surface area contributed by atoms with Gasteiger partial charge in [-0.2, -0.15) is 10.4 Å². The Morgan fingerprint density at radius 2 is 2.17 bits per heavy atom. The van der Waals surface area contributed by atoms with Crippen molar-refractivity contribution in [2.75, 3.05) is 11.9 Å². The van der Waals surface area contributed by atoms with Gasteiger partial charge in [-0.25, -0.2) is 9.48 Å². The predicted octanol–water partition coefficient (Wildman–Crippen LogP) is 2.61. The first-order chi connectivity index (χ1) is 11.2. The summed E-state index contributed by atoms with van der Waals surface area (Å²) in [5, 5.41) is 16.6. The molecule has 0 saturated carbocycles. The smallest absolute Gasteiger partial charge is 0.338 e. The molecule has 116 valence electrons. The average molecular weight is 308 g/mol. The number of rotatable bonds is 3. The molecule has 0 saturated heterocycles. The van der Waals surface area contributed by atoms with Gasteiger partial charge in [-0.1, -0.05) is 30.3 Å². The highest BCUT2D eigenvalue weighted by molar-refractivity contribution is 5.92. The second-order valence-corrected chi connectivity index (χ2v) is 5.16. The van der Waals surface area contributed by atoms with Gasteiger partial charge in [0.15, 0.2) is 0 Å². The lowest BCUT2D eigenvalue weighted by molar-refractivity contribution is -0.139. The fourth-order valence-corrected chi connectivity index (χ4v) is 2.75. The standard InChI is InChI=1S/C17H16N4O2/c1-3-23-17(22)14-11(2)20-16-13(9-18)10-19-21(16)15(14)12-7-5-4-6-8-12/h4-8,10,15,20H,3H2,1-2H3/t15-/m1/s1. The molecule has 0 unspecified atom stereocenters. The summed E-state index contributed by atoms with van der Waals surface area (Å²) in [5.41, 5.74) is 2.51. The van der Waals surface area contributed by atoms with E-state index in [9.17, 15) is 10.1 Å². The topological polar surface area (TPSA) is 79.9 Å². The highest BCUT2D eigenvalue weighted by atomic mass is 16.5. The van der Waals surface area contributed by atoms with Gasteiger partial charge >= 0.3 is 5.97 Å². The van der Waals surface area contributed by atoms with Crippen LogP contribution in [-0.4, -0.2) is 22.4 Å². The van der Waals surface area contributed by atoms with E-state index in [4.69, 9.17) is 4.74 Å². The zero-order valence-corrected chi connectivity index (χ0v) is 12.9. The molecule has 23 heavy (non-hydrogen) atoms. The van der Waals surface area contributed by atoms with Crippen LogP contribution in [0.1, 0.15) is 31.0 Å². The molecular weight excluding hydrogens is 292 g/mol. The Morgan fingerprint density at radius 3 is 2.83 bits per heavy atom. The molecular formula is C17H16N4O2. The number of carbonyl (C=O) groups is 1. The van der Waals surface area contributed by atoms with Gasteiger partial charge in [-0.3, -0.25) is 0 Å². The Kier molecular flexibility index (Phi) is 3.85. The molecule has 1 aliphatic rings. The lowest BCUT2D eigenvalue weighted by Crippen LogP contribution is -2.29. The number of aromatic nitrogens is 2. The minimum atomic E-state index is -0.423. The van der Waals surface area contributed by atoms with Crippen molar-refractivity contribution in [1.29, 1.82) is 5.26 Å². The zero-order valence-electron chi connectivity index (χ0n) is 12.9. The van der Waals surface area contributed by atoms with E-state index in [-0.39, 0.29) is 5.97 Å². The number of carbonyl (C=O) groups excluding carboxylic acids is 1. The zero-order chi connectivity index (χ0) is 16.4. The van der Waals surface area contributed by atoms with Gasteiger partial charge in [0.25, 0.3) is 0 Å². The third kappa shape index (κ3) is 2.46. The summed E-state index contributed by atoms with van der Waals surface area (Å²) in [7, 11) is 0. The number of nitrogens with one attached hydrogen (secondary N) is 1. The monoisotopic (exact) mass is 308 g/mol. The molecule has 0 radical (unpaired) electrons. The second kappa shape index (κ2) is 5.97. The highest BCUT2D eigenvalue weighted by Crippen LogP contribution is 2.37. The van der Waals surface area contributed by atoms with Crippen molar-refractivity contribution in [3.05, 3.63) is 58.9 Å². The number of hydrogen-bond donors (Lipinski definition) is 1. The van der Waals surface area contributed by atoms with E-state index >= 15 is 0 Å². The number of esters is 1. The van der Waals surface area contributed by atoms with E-state index in [1.807, 2.05) is 30.3 Å². The minimum absolute atomic E-state index is 0.298. The van der Waals surface area contributed by atoms with Crippen molar-refractivity contribution in [3.8, 4) is 6.07 Å². The molecule has 1 aromatic heterocycles. The molecule has 2 aromatic rings. The van der Waals surface area contributed by atoms with Crippen LogP contribution in [0.4, 0.5) is 5.82 Å². The maximum absolute atomic E-state index is 12.5. The van der Waals surface area contributed by atoms with E-state index in [0.717, 1.165) is 5.56 Å². The lowest BCUT2D eigenvalue weighted by Gasteiger charge is -2.29. The number of benzene rings is 1. The normalized spacial score (nSPS) is 16.3. The van der Waals surface area contributed by atoms with Crippen LogP contribution in [0.25, 0.3) is 0 Å². The first-order valence-electron chi connectivity index (χ1n) is 7.34. The summed E-state index contributed by atoms with van der Waals surface area (Å²) >= 11 is 0. The number of nitrogens with zero attached hydrogens (tertiary/aromatic N) is 3. The maximum atomic E-state index is 12.5. The first kappa shape index (κ1) is 14.9. The summed E-state index contributed by atoms with van der Waals surface area (Å²) in [5.74, 6) is 0.206. The minimum Gasteiger partial charge on any atom is -0.463 e. The van der Waals surface area contributed by atoms with E-state index in [1.54, 1.807) is 18.5 Å².